The molecule has 0 aliphatic carbocycles. The highest BCUT2D eigenvalue weighted by Crippen LogP contribution is 2.37. The highest BCUT2D eigenvalue weighted by Gasteiger charge is 2.39. The molecule has 10 heteroatoms. The van der Waals surface area contributed by atoms with Crippen molar-refractivity contribution in [3.05, 3.63) is 69.7 Å². The van der Waals surface area contributed by atoms with E-state index in [1.54, 1.807) is 24.3 Å². The van der Waals surface area contributed by atoms with Crippen LogP contribution in [0.25, 0.3) is 11.1 Å². The predicted molar refractivity (Wildman–Crippen MR) is 98.0 cm³/mol. The van der Waals surface area contributed by atoms with E-state index in [4.69, 9.17) is 23.2 Å². The number of halogens is 6. The Morgan fingerprint density at radius 2 is 1.79 bits per heavy atom. The summed E-state index contributed by atoms with van der Waals surface area (Å²) in [6, 6.07) is 8.28. The predicted octanol–water partition coefficient (Wildman–Crippen LogP) is 5.80. The molecule has 28 heavy (non-hydrogen) atoms. The van der Waals surface area contributed by atoms with E-state index in [9.17, 15) is 22.4 Å². The van der Waals surface area contributed by atoms with E-state index in [0.717, 1.165) is 23.0 Å². The highest BCUT2D eigenvalue weighted by molar-refractivity contribution is 6.35. The van der Waals surface area contributed by atoms with Crippen LogP contribution in [0.15, 0.2) is 42.6 Å². The number of aromatic nitrogens is 2. The molecule has 0 radical (unpaired) electrons. The molecular formula is C18H11Cl2F4N3O. The first-order valence-corrected chi connectivity index (χ1v) is 8.49. The Hall–Kier alpha value is -2.58. The van der Waals surface area contributed by atoms with Crippen LogP contribution in [0.1, 0.15) is 16.1 Å². The number of anilines is 1. The molecule has 0 saturated heterocycles. The second-order valence-electron chi connectivity index (χ2n) is 5.83. The average Bonchev–Trinajstić information content (AvgIpc) is 3.00. The van der Waals surface area contributed by atoms with Gasteiger partial charge in [0.05, 0.1) is 16.3 Å². The lowest BCUT2D eigenvalue weighted by Crippen LogP contribution is -2.18. The number of aryl methyl sites for hydroxylation is 1. The molecule has 2 aromatic carbocycles. The molecule has 0 aliphatic heterocycles. The normalized spacial score (nSPS) is 11.5. The molecule has 0 fully saturated rings. The third kappa shape index (κ3) is 4.13. The molecule has 4 nitrogen and oxygen atoms in total. The van der Waals surface area contributed by atoms with Gasteiger partial charge in [0.15, 0.2) is 5.69 Å². The molecule has 0 aliphatic rings. The van der Waals surface area contributed by atoms with Crippen LogP contribution in [0, 0.1) is 5.82 Å². The zero-order valence-corrected chi connectivity index (χ0v) is 15.6. The standard InChI is InChI=1S/C18H11Cl2F4N3O/c1-27-8-13(16(26-27)18(22,23)24)17(28)25-15-12(6-11(21)7-14(15)20)9-2-4-10(19)5-3-9/h2-8H,1H3,(H,25,28). The topological polar surface area (TPSA) is 46.9 Å². The first-order valence-electron chi connectivity index (χ1n) is 7.73. The Morgan fingerprint density at radius 1 is 1.14 bits per heavy atom. The van der Waals surface area contributed by atoms with E-state index >= 15 is 0 Å². The molecule has 0 bridgehead atoms. The molecule has 1 amide bonds. The number of amides is 1. The van der Waals surface area contributed by atoms with Crippen molar-refractivity contribution < 1.29 is 22.4 Å². The SMILES string of the molecule is Cn1cc(C(=O)Nc2c(Cl)cc(F)cc2-c2ccc(Cl)cc2)c(C(F)(F)F)n1. The number of hydrogen-bond acceptors (Lipinski definition) is 2. The molecule has 1 N–H and O–H groups in total. The monoisotopic (exact) mass is 431 g/mol. The van der Waals surface area contributed by atoms with Gasteiger partial charge in [-0.1, -0.05) is 35.3 Å². The summed E-state index contributed by atoms with van der Waals surface area (Å²) >= 11 is 11.9. The molecule has 0 unspecified atom stereocenters. The molecule has 3 aromatic rings. The quantitative estimate of drug-likeness (QED) is 0.532. The van der Waals surface area contributed by atoms with Gasteiger partial charge in [0.25, 0.3) is 5.91 Å². The van der Waals surface area contributed by atoms with E-state index in [1.807, 2.05) is 0 Å². The zero-order valence-electron chi connectivity index (χ0n) is 14.1. The number of carbonyl (C=O) groups is 1. The van der Waals surface area contributed by atoms with Crippen LogP contribution < -0.4 is 5.32 Å². The number of nitrogens with zero attached hydrogens (tertiary/aromatic N) is 2. The third-order valence-corrected chi connectivity index (χ3v) is 4.34. The Balaban J connectivity index is 2.06. The van der Waals surface area contributed by atoms with E-state index in [2.05, 4.69) is 10.4 Å². The second-order valence-corrected chi connectivity index (χ2v) is 6.68. The molecule has 0 saturated carbocycles. The lowest BCUT2D eigenvalue weighted by molar-refractivity contribution is -0.141. The Kier molecular flexibility index (Phi) is 5.36. The summed E-state index contributed by atoms with van der Waals surface area (Å²) in [5.41, 5.74) is -1.40. The number of hydrogen-bond donors (Lipinski definition) is 1. The zero-order chi connectivity index (χ0) is 20.6. The maximum absolute atomic E-state index is 13.9. The van der Waals surface area contributed by atoms with Crippen molar-refractivity contribution in [3.63, 3.8) is 0 Å². The summed E-state index contributed by atoms with van der Waals surface area (Å²) in [6.45, 7) is 0. The second kappa shape index (κ2) is 7.44. The number of nitrogens with one attached hydrogen (secondary N) is 1. The molecule has 1 aromatic heterocycles. The number of rotatable bonds is 3. The maximum atomic E-state index is 13.9. The van der Waals surface area contributed by atoms with Gasteiger partial charge in [-0.25, -0.2) is 4.39 Å². The van der Waals surface area contributed by atoms with Crippen molar-refractivity contribution in [2.75, 3.05) is 5.32 Å². The first kappa shape index (κ1) is 20.2. The van der Waals surface area contributed by atoms with Gasteiger partial charge in [0.2, 0.25) is 0 Å². The van der Waals surface area contributed by atoms with E-state index in [1.165, 1.54) is 7.05 Å². The van der Waals surface area contributed by atoms with Crippen LogP contribution in [0.4, 0.5) is 23.2 Å². The number of carbonyl (C=O) groups excluding carboxylic acids is 1. The molecule has 3 rings (SSSR count). The smallest absolute Gasteiger partial charge is 0.320 e. The van der Waals surface area contributed by atoms with E-state index in [-0.39, 0.29) is 16.3 Å². The summed E-state index contributed by atoms with van der Waals surface area (Å²) in [6.07, 6.45) is -3.88. The van der Waals surface area contributed by atoms with Crippen LogP contribution in [-0.2, 0) is 13.2 Å². The Labute approximate surface area is 166 Å². The Morgan fingerprint density at radius 3 is 2.39 bits per heavy atom. The Bertz CT molecular complexity index is 1050. The van der Waals surface area contributed by atoms with Crippen molar-refractivity contribution in [1.82, 2.24) is 9.78 Å². The van der Waals surface area contributed by atoms with Gasteiger partial charge in [0.1, 0.15) is 5.82 Å². The van der Waals surface area contributed by atoms with Gasteiger partial charge in [-0.3, -0.25) is 9.48 Å². The highest BCUT2D eigenvalue weighted by atomic mass is 35.5. The fourth-order valence-corrected chi connectivity index (χ4v) is 2.98. The van der Waals surface area contributed by atoms with Crippen molar-refractivity contribution in [2.45, 2.75) is 6.18 Å². The molecule has 1 heterocycles. The van der Waals surface area contributed by atoms with Crippen LogP contribution >= 0.6 is 23.2 Å². The lowest BCUT2D eigenvalue weighted by atomic mass is 10.0. The molecule has 0 atom stereocenters. The van der Waals surface area contributed by atoms with Crippen molar-refractivity contribution in [2.24, 2.45) is 7.05 Å². The van der Waals surface area contributed by atoms with Crippen molar-refractivity contribution >= 4 is 34.8 Å². The van der Waals surface area contributed by atoms with Crippen molar-refractivity contribution in [3.8, 4) is 11.1 Å². The van der Waals surface area contributed by atoms with Crippen LogP contribution in [0.2, 0.25) is 10.0 Å². The summed E-state index contributed by atoms with van der Waals surface area (Å²) in [7, 11) is 1.26. The largest absolute Gasteiger partial charge is 0.435 e. The summed E-state index contributed by atoms with van der Waals surface area (Å²) < 4.78 is 54.1. The fourth-order valence-electron chi connectivity index (χ4n) is 2.60. The maximum Gasteiger partial charge on any atom is 0.435 e. The third-order valence-electron chi connectivity index (χ3n) is 3.79. The average molecular weight is 432 g/mol. The number of alkyl halides is 3. The minimum atomic E-state index is -4.82. The van der Waals surface area contributed by atoms with E-state index in [0.29, 0.717) is 10.6 Å². The van der Waals surface area contributed by atoms with Crippen LogP contribution in [-0.4, -0.2) is 15.7 Å². The molecule has 146 valence electrons. The van der Waals surface area contributed by atoms with Gasteiger partial charge in [-0.05, 0) is 29.8 Å². The van der Waals surface area contributed by atoms with Crippen LogP contribution in [0.3, 0.4) is 0 Å². The first-order chi connectivity index (χ1) is 13.1. The molecular weight excluding hydrogens is 421 g/mol. The van der Waals surface area contributed by atoms with Gasteiger partial charge in [-0.2, -0.15) is 18.3 Å². The summed E-state index contributed by atoms with van der Waals surface area (Å²) in [5.74, 6) is -1.76. The van der Waals surface area contributed by atoms with Crippen LogP contribution in [0.5, 0.6) is 0 Å². The molecule has 0 spiro atoms. The van der Waals surface area contributed by atoms with Gasteiger partial charge in [0, 0.05) is 23.8 Å². The minimum Gasteiger partial charge on any atom is -0.320 e. The van der Waals surface area contributed by atoms with Gasteiger partial charge in [-0.15, -0.1) is 0 Å². The van der Waals surface area contributed by atoms with E-state index < -0.39 is 29.2 Å². The summed E-state index contributed by atoms with van der Waals surface area (Å²) in [5, 5.41) is 5.89. The van der Waals surface area contributed by atoms with Gasteiger partial charge < -0.3 is 5.32 Å². The summed E-state index contributed by atoms with van der Waals surface area (Å²) in [4.78, 5) is 12.5. The van der Waals surface area contributed by atoms with Crippen molar-refractivity contribution in [1.29, 1.82) is 0 Å². The van der Waals surface area contributed by atoms with Gasteiger partial charge >= 0.3 is 6.18 Å². The number of benzene rings is 2. The lowest BCUT2D eigenvalue weighted by Gasteiger charge is -2.14. The minimum absolute atomic E-state index is 0.0348. The fraction of sp³-hybridized carbons (Fsp3) is 0.111.